The number of benzene rings is 1. The molecule has 1 saturated carbocycles. The van der Waals surface area contributed by atoms with E-state index in [-0.39, 0.29) is 6.10 Å². The number of rotatable bonds is 5. The molecule has 1 unspecified atom stereocenters. The lowest BCUT2D eigenvalue weighted by molar-refractivity contribution is 0.0385. The quantitative estimate of drug-likeness (QED) is 0.855. The van der Waals surface area contributed by atoms with E-state index in [9.17, 15) is 0 Å². The van der Waals surface area contributed by atoms with Gasteiger partial charge in [-0.1, -0.05) is 16.8 Å². The number of aromatic nitrogens is 2. The molecular weight excluding hydrogens is 278 g/mol. The van der Waals surface area contributed by atoms with E-state index in [1.165, 1.54) is 0 Å². The molecule has 1 aliphatic carbocycles. The van der Waals surface area contributed by atoms with Crippen LogP contribution in [-0.4, -0.2) is 16.7 Å². The Morgan fingerprint density at radius 3 is 2.95 bits per heavy atom. The Balaban J connectivity index is 1.89. The molecule has 1 aliphatic rings. The first kappa shape index (κ1) is 13.4. The third-order valence-corrected chi connectivity index (χ3v) is 3.63. The molecule has 2 aromatic rings. The van der Waals surface area contributed by atoms with Crippen LogP contribution in [0.15, 0.2) is 22.7 Å². The minimum absolute atomic E-state index is 0.0787. The number of anilines is 1. The van der Waals surface area contributed by atoms with Crippen LogP contribution in [0, 0.1) is 5.92 Å². The Morgan fingerprint density at radius 1 is 1.50 bits per heavy atom. The summed E-state index contributed by atoms with van der Waals surface area (Å²) in [5.74, 6) is 1.50. The number of ether oxygens (including phenoxy) is 1. The van der Waals surface area contributed by atoms with Crippen LogP contribution >= 0.6 is 11.6 Å². The molecule has 5 nitrogen and oxygen atoms in total. The molecule has 1 aromatic heterocycles. The fourth-order valence-electron chi connectivity index (χ4n) is 2.16. The molecule has 2 N–H and O–H groups in total. The van der Waals surface area contributed by atoms with E-state index in [0.717, 1.165) is 12.8 Å². The molecule has 106 valence electrons. The second-order valence-electron chi connectivity index (χ2n) is 4.91. The Morgan fingerprint density at radius 2 is 2.30 bits per heavy atom. The average molecular weight is 294 g/mol. The number of hydrogen-bond donors (Lipinski definition) is 1. The molecule has 0 radical (unpaired) electrons. The standard InChI is InChI=1S/C14H16ClN3O2/c1-2-19-12(8-3-4-8)13-17-14(20-18-13)10-6-5-9(16)7-11(10)15/h5-8,12H,2-4,16H2,1H3. The van der Waals surface area contributed by atoms with E-state index in [1.54, 1.807) is 18.2 Å². The highest BCUT2D eigenvalue weighted by Gasteiger charge is 2.36. The zero-order chi connectivity index (χ0) is 14.1. The molecule has 1 aromatic carbocycles. The summed E-state index contributed by atoms with van der Waals surface area (Å²) in [7, 11) is 0. The number of nitrogens with two attached hydrogens (primary N) is 1. The van der Waals surface area contributed by atoms with Crippen molar-refractivity contribution in [2.24, 2.45) is 5.92 Å². The van der Waals surface area contributed by atoms with Gasteiger partial charge in [0, 0.05) is 12.3 Å². The number of nitrogens with zero attached hydrogens (tertiary/aromatic N) is 2. The van der Waals surface area contributed by atoms with Gasteiger partial charge in [0.25, 0.3) is 5.89 Å². The van der Waals surface area contributed by atoms with E-state index in [0.29, 0.717) is 40.5 Å². The second kappa shape index (κ2) is 5.42. The molecule has 0 saturated heterocycles. The fraction of sp³-hybridized carbons (Fsp3) is 0.429. The van der Waals surface area contributed by atoms with Gasteiger partial charge in [-0.15, -0.1) is 0 Å². The minimum Gasteiger partial charge on any atom is -0.399 e. The maximum atomic E-state index is 6.15. The van der Waals surface area contributed by atoms with E-state index >= 15 is 0 Å². The molecule has 6 heteroatoms. The van der Waals surface area contributed by atoms with Crippen LogP contribution in [0.1, 0.15) is 31.7 Å². The summed E-state index contributed by atoms with van der Waals surface area (Å²) in [6.45, 7) is 2.60. The van der Waals surface area contributed by atoms with Gasteiger partial charge >= 0.3 is 0 Å². The molecule has 0 amide bonds. The van der Waals surface area contributed by atoms with Gasteiger partial charge < -0.3 is 15.0 Å². The third-order valence-electron chi connectivity index (χ3n) is 3.32. The van der Waals surface area contributed by atoms with Crippen LogP contribution in [0.25, 0.3) is 11.5 Å². The molecule has 20 heavy (non-hydrogen) atoms. The van der Waals surface area contributed by atoms with Gasteiger partial charge in [0.1, 0.15) is 6.10 Å². The van der Waals surface area contributed by atoms with Gasteiger partial charge in [0.2, 0.25) is 5.82 Å². The zero-order valence-corrected chi connectivity index (χ0v) is 11.9. The maximum Gasteiger partial charge on any atom is 0.259 e. The van der Waals surface area contributed by atoms with Gasteiger partial charge in [0.05, 0.1) is 10.6 Å². The smallest absolute Gasteiger partial charge is 0.259 e. The van der Waals surface area contributed by atoms with E-state index in [1.807, 2.05) is 6.92 Å². The highest BCUT2D eigenvalue weighted by molar-refractivity contribution is 6.33. The first-order valence-corrected chi connectivity index (χ1v) is 7.07. The Hall–Kier alpha value is -1.59. The van der Waals surface area contributed by atoms with Crippen LogP contribution in [0.5, 0.6) is 0 Å². The highest BCUT2D eigenvalue weighted by Crippen LogP contribution is 2.42. The number of halogens is 1. The zero-order valence-electron chi connectivity index (χ0n) is 11.2. The molecule has 0 bridgehead atoms. The molecular formula is C14H16ClN3O2. The van der Waals surface area contributed by atoms with E-state index < -0.39 is 0 Å². The molecule has 1 fully saturated rings. The summed E-state index contributed by atoms with van der Waals surface area (Å²) < 4.78 is 11.0. The summed E-state index contributed by atoms with van der Waals surface area (Å²) in [4.78, 5) is 4.42. The number of hydrogen-bond acceptors (Lipinski definition) is 5. The topological polar surface area (TPSA) is 74.2 Å². The van der Waals surface area contributed by atoms with Crippen LogP contribution < -0.4 is 5.73 Å². The molecule has 0 spiro atoms. The van der Waals surface area contributed by atoms with E-state index in [4.69, 9.17) is 26.6 Å². The molecule has 0 aliphatic heterocycles. The lowest BCUT2D eigenvalue weighted by Crippen LogP contribution is -2.08. The van der Waals surface area contributed by atoms with Crippen molar-refractivity contribution in [1.29, 1.82) is 0 Å². The average Bonchev–Trinajstić information content (AvgIpc) is 3.14. The highest BCUT2D eigenvalue weighted by atomic mass is 35.5. The van der Waals surface area contributed by atoms with Gasteiger partial charge in [-0.3, -0.25) is 0 Å². The second-order valence-corrected chi connectivity index (χ2v) is 5.32. The largest absolute Gasteiger partial charge is 0.399 e. The lowest BCUT2D eigenvalue weighted by atomic mass is 10.2. The van der Waals surface area contributed by atoms with E-state index in [2.05, 4.69) is 10.1 Å². The van der Waals surface area contributed by atoms with Gasteiger partial charge in [0.15, 0.2) is 0 Å². The van der Waals surface area contributed by atoms with Crippen molar-refractivity contribution < 1.29 is 9.26 Å². The van der Waals surface area contributed by atoms with Crippen molar-refractivity contribution >= 4 is 17.3 Å². The third kappa shape index (κ3) is 2.64. The summed E-state index contributed by atoms with van der Waals surface area (Å²) in [5, 5.41) is 4.53. The summed E-state index contributed by atoms with van der Waals surface area (Å²) in [6.07, 6.45) is 2.22. The van der Waals surface area contributed by atoms with Crippen molar-refractivity contribution in [3.8, 4) is 11.5 Å². The van der Waals surface area contributed by atoms with Crippen molar-refractivity contribution in [2.75, 3.05) is 12.3 Å². The van der Waals surface area contributed by atoms with Crippen molar-refractivity contribution in [3.05, 3.63) is 29.0 Å². The number of nitrogen functional groups attached to an aromatic ring is 1. The predicted molar refractivity (Wildman–Crippen MR) is 76.2 cm³/mol. The van der Waals surface area contributed by atoms with Crippen LogP contribution in [0.3, 0.4) is 0 Å². The predicted octanol–water partition coefficient (Wildman–Crippen LogP) is 3.46. The Kier molecular flexibility index (Phi) is 3.63. The van der Waals surface area contributed by atoms with Gasteiger partial charge in [-0.05, 0) is 43.9 Å². The van der Waals surface area contributed by atoms with Crippen molar-refractivity contribution in [3.63, 3.8) is 0 Å². The van der Waals surface area contributed by atoms with Gasteiger partial charge in [-0.2, -0.15) is 4.98 Å². The summed E-state index contributed by atoms with van der Waals surface area (Å²) in [5.41, 5.74) is 6.96. The Labute approximate surface area is 122 Å². The first-order valence-electron chi connectivity index (χ1n) is 6.69. The van der Waals surface area contributed by atoms with Crippen LogP contribution in [0.2, 0.25) is 5.02 Å². The van der Waals surface area contributed by atoms with Crippen LogP contribution in [0.4, 0.5) is 5.69 Å². The van der Waals surface area contributed by atoms with Gasteiger partial charge in [-0.25, -0.2) is 0 Å². The molecule has 1 atom stereocenters. The summed E-state index contributed by atoms with van der Waals surface area (Å²) >= 11 is 6.15. The molecule has 1 heterocycles. The molecule has 3 rings (SSSR count). The van der Waals surface area contributed by atoms with Crippen LogP contribution in [-0.2, 0) is 4.74 Å². The normalized spacial score (nSPS) is 16.3. The maximum absolute atomic E-state index is 6.15. The minimum atomic E-state index is -0.0787. The lowest BCUT2D eigenvalue weighted by Gasteiger charge is -2.11. The SMILES string of the molecule is CCOC(c1noc(-c2ccc(N)cc2Cl)n1)C1CC1. The monoisotopic (exact) mass is 293 g/mol. The Bertz CT molecular complexity index is 610. The van der Waals surface area contributed by atoms with Crippen molar-refractivity contribution in [1.82, 2.24) is 10.1 Å². The van der Waals surface area contributed by atoms with Crippen molar-refractivity contribution in [2.45, 2.75) is 25.9 Å². The first-order chi connectivity index (χ1) is 9.69. The fourth-order valence-corrected chi connectivity index (χ4v) is 2.43. The summed E-state index contributed by atoms with van der Waals surface area (Å²) in [6, 6.07) is 5.20.